The molecule has 0 atom stereocenters. The molecule has 0 saturated carbocycles. The van der Waals surface area contributed by atoms with Gasteiger partial charge in [0.05, 0.1) is 33.1 Å². The van der Waals surface area contributed by atoms with E-state index in [1.165, 1.54) is 110 Å². The molecule has 3 saturated heterocycles. The lowest BCUT2D eigenvalue weighted by atomic mass is 9.85. The minimum atomic E-state index is 0.160. The van der Waals surface area contributed by atoms with E-state index in [0.717, 1.165) is 84.2 Å². The molecule has 9 aromatic carbocycles. The van der Waals surface area contributed by atoms with Crippen molar-refractivity contribution >= 4 is 39.1 Å². The second kappa shape index (κ2) is 32.6. The van der Waals surface area contributed by atoms with E-state index in [0.29, 0.717) is 24.7 Å². The number of quaternary nitrogens is 1. The van der Waals surface area contributed by atoms with E-state index in [2.05, 4.69) is 214 Å². The lowest BCUT2D eigenvalue weighted by Gasteiger charge is -2.44. The lowest BCUT2D eigenvalue weighted by Crippen LogP contribution is -2.56. The van der Waals surface area contributed by atoms with Crippen LogP contribution in [-0.2, 0) is 0 Å². The molecule has 9 aromatic rings. The molecule has 3 aliphatic rings. The fourth-order valence-corrected chi connectivity index (χ4v) is 13.5. The summed E-state index contributed by atoms with van der Waals surface area (Å²) in [5.41, 5.74) is 23.2. The normalized spacial score (nSPS) is 15.7. The Bertz CT molecular complexity index is 3800. The standard InChI is InChI=1S/C29H33NO.C28H31NO2.C27H29NO2/c1-23-12-14-25(15-13-23)29(28(11-8-22-31)24-9-4-2-5-10-24)26-16-18-27(19-17-26)30-20-6-3-7-21-30;1-29(2)19-25(20-29)21-10-12-23(13-11-21)28(24-14-16-26(31)17-15-24)27(9-6-18-30)22-7-4-3-5-8-22;1-28-18-24(19-28)20-9-11-22(12-10-20)27(23-13-15-25(30)16-14-23)26(8-5-17-29)21-6-3-2-4-7-21/h2,4-5,9-10,12-19,31H,3,6-8,11,20-22H2,1H3;3-5,7-8,10-17,25,30H,6,9,18-20H2,1-2H3;2-4,6-7,9-16,24,29-30H,5,8,17-19H2,1H3/p+1/b29-28-;28-27+;27-26+. The maximum Gasteiger partial charge on any atom is 0.115 e. The maximum absolute atomic E-state index is 9.83. The molecule has 0 radical (unpaired) electrons. The summed E-state index contributed by atoms with van der Waals surface area (Å²) in [6, 6.07) is 82.2. The molecule has 0 bridgehead atoms. The molecule has 0 aromatic heterocycles. The van der Waals surface area contributed by atoms with Gasteiger partial charge in [-0.15, -0.1) is 0 Å². The van der Waals surface area contributed by atoms with Crippen LogP contribution in [0.3, 0.4) is 0 Å². The van der Waals surface area contributed by atoms with Gasteiger partial charge in [0.2, 0.25) is 0 Å². The van der Waals surface area contributed by atoms with Crippen LogP contribution in [0, 0.1) is 6.92 Å². The Kier molecular flexibility index (Phi) is 23.5. The summed E-state index contributed by atoms with van der Waals surface area (Å²) in [4.78, 5) is 4.84. The fraction of sp³-hybridized carbons (Fsp3) is 0.286. The average Bonchev–Trinajstić information content (AvgIpc) is 0.873. The zero-order valence-corrected chi connectivity index (χ0v) is 54.5. The number of aliphatic hydroxyl groups is 3. The minimum Gasteiger partial charge on any atom is -0.508 e. The number of likely N-dealkylation sites (N-methyl/N-ethyl adjacent to an activating group) is 2. The van der Waals surface area contributed by atoms with Gasteiger partial charge in [-0.3, -0.25) is 0 Å². The van der Waals surface area contributed by atoms with Gasteiger partial charge in [-0.1, -0.05) is 206 Å². The summed E-state index contributed by atoms with van der Waals surface area (Å²) in [5, 5.41) is 48.3. The SMILES string of the molecule is CN1CC(c2ccc(/C(=C(/CCCO)c3ccccc3)c3ccc(O)cc3)cc2)C1.C[N+]1(C)CC(c2ccc(/C(=C(/CCCO)c3ccccc3)c3ccc(O)cc3)cc2)C1.Cc1ccc(/C(=C(\CCCO)c2ccccc2)c2ccc(N3CCCCC3)cc2)cc1. The van der Waals surface area contributed by atoms with Crippen LogP contribution < -0.4 is 4.90 Å². The van der Waals surface area contributed by atoms with Crippen LogP contribution in [0.5, 0.6) is 11.5 Å². The predicted octanol–water partition coefficient (Wildman–Crippen LogP) is 17.2. The highest BCUT2D eigenvalue weighted by molar-refractivity contribution is 6.01. The minimum absolute atomic E-state index is 0.160. The molecule has 8 heteroatoms. The number of benzene rings is 9. The highest BCUT2D eigenvalue weighted by atomic mass is 16.3. The average molecular weight is 1230 g/mol. The van der Waals surface area contributed by atoms with Gasteiger partial charge >= 0.3 is 0 Å². The van der Waals surface area contributed by atoms with Gasteiger partial charge in [0.25, 0.3) is 0 Å². The summed E-state index contributed by atoms with van der Waals surface area (Å²) in [7, 11) is 6.72. The Labute approximate surface area is 547 Å². The number of piperidine rings is 1. The molecule has 8 nitrogen and oxygen atoms in total. The number of phenols is 2. The van der Waals surface area contributed by atoms with Crippen molar-refractivity contribution in [2.24, 2.45) is 0 Å². The van der Waals surface area contributed by atoms with E-state index in [-0.39, 0.29) is 31.3 Å². The molecule has 0 aliphatic carbocycles. The Balaban J connectivity index is 0.000000151. The number of likely N-dealkylation sites (tertiary alicyclic amines) is 2. The second-order valence-corrected chi connectivity index (χ2v) is 25.9. The number of phenolic OH excluding ortho intramolecular Hbond substituents is 2. The van der Waals surface area contributed by atoms with Gasteiger partial charge in [0, 0.05) is 57.6 Å². The fourth-order valence-electron chi connectivity index (χ4n) is 13.5. The molecule has 92 heavy (non-hydrogen) atoms. The van der Waals surface area contributed by atoms with Crippen LogP contribution in [0.25, 0.3) is 33.4 Å². The molecule has 0 spiro atoms. The van der Waals surface area contributed by atoms with E-state index < -0.39 is 0 Å². The maximum atomic E-state index is 9.83. The molecule has 3 heterocycles. The van der Waals surface area contributed by atoms with Crippen molar-refractivity contribution in [2.75, 3.05) is 85.1 Å². The van der Waals surface area contributed by atoms with Crippen LogP contribution in [0.2, 0.25) is 0 Å². The van der Waals surface area contributed by atoms with Crippen molar-refractivity contribution < 1.29 is 30.0 Å². The van der Waals surface area contributed by atoms with Crippen LogP contribution in [0.1, 0.15) is 136 Å². The molecule has 0 amide bonds. The molecule has 474 valence electrons. The van der Waals surface area contributed by atoms with Gasteiger partial charge in [-0.2, -0.15) is 0 Å². The first-order valence-electron chi connectivity index (χ1n) is 33.3. The topological polar surface area (TPSA) is 108 Å². The van der Waals surface area contributed by atoms with Crippen LogP contribution >= 0.6 is 0 Å². The smallest absolute Gasteiger partial charge is 0.115 e. The quantitative estimate of drug-likeness (QED) is 0.0360. The van der Waals surface area contributed by atoms with Gasteiger partial charge in [-0.05, 0) is 203 Å². The predicted molar refractivity (Wildman–Crippen MR) is 384 cm³/mol. The number of allylic oxidation sites excluding steroid dienone is 3. The highest BCUT2D eigenvalue weighted by Crippen LogP contribution is 2.41. The first kappa shape index (κ1) is 66.3. The Hall–Kier alpha value is -8.60. The lowest BCUT2D eigenvalue weighted by molar-refractivity contribution is -0.932. The van der Waals surface area contributed by atoms with Gasteiger partial charge < -0.3 is 39.8 Å². The number of nitrogens with zero attached hydrogens (tertiary/aromatic N) is 3. The number of anilines is 1. The van der Waals surface area contributed by atoms with Gasteiger partial charge in [-0.25, -0.2) is 0 Å². The number of aliphatic hydroxyl groups excluding tert-OH is 3. The Morgan fingerprint density at radius 1 is 0.380 bits per heavy atom. The van der Waals surface area contributed by atoms with E-state index >= 15 is 0 Å². The van der Waals surface area contributed by atoms with Gasteiger partial charge in [0.1, 0.15) is 11.5 Å². The van der Waals surface area contributed by atoms with Crippen molar-refractivity contribution in [1.82, 2.24) is 4.90 Å². The molecular weight excluding hydrogens is 1130 g/mol. The van der Waals surface area contributed by atoms with E-state index in [4.69, 9.17) is 0 Å². The number of hydrogen-bond acceptors (Lipinski definition) is 7. The summed E-state index contributed by atoms with van der Waals surface area (Å²) in [5.74, 6) is 1.78. The zero-order chi connectivity index (χ0) is 64.2. The third-order valence-electron chi connectivity index (χ3n) is 18.4. The second-order valence-electron chi connectivity index (χ2n) is 25.9. The Morgan fingerprint density at radius 3 is 1.02 bits per heavy atom. The summed E-state index contributed by atoms with van der Waals surface area (Å²) >= 11 is 0. The Morgan fingerprint density at radius 2 is 0.696 bits per heavy atom. The number of rotatable bonds is 21. The molecule has 0 unspecified atom stereocenters. The van der Waals surface area contributed by atoms with E-state index in [1.54, 1.807) is 24.3 Å². The number of hydrogen-bond donors (Lipinski definition) is 5. The largest absolute Gasteiger partial charge is 0.508 e. The molecule has 3 fully saturated rings. The summed E-state index contributed by atoms with van der Waals surface area (Å²) in [6.45, 7) is 9.57. The third-order valence-corrected chi connectivity index (χ3v) is 18.4. The summed E-state index contributed by atoms with van der Waals surface area (Å²) in [6.07, 6.45) is 8.50. The van der Waals surface area contributed by atoms with Crippen LogP contribution in [-0.4, -0.2) is 115 Å². The van der Waals surface area contributed by atoms with E-state index in [9.17, 15) is 25.5 Å². The van der Waals surface area contributed by atoms with E-state index in [1.807, 2.05) is 36.4 Å². The first-order chi connectivity index (χ1) is 44.9. The van der Waals surface area contributed by atoms with Crippen molar-refractivity contribution in [2.45, 2.75) is 76.5 Å². The summed E-state index contributed by atoms with van der Waals surface area (Å²) < 4.78 is 1.09. The molecular formula is C84H94N3O5+. The van der Waals surface area contributed by atoms with Crippen molar-refractivity contribution in [3.8, 4) is 11.5 Å². The van der Waals surface area contributed by atoms with Crippen LogP contribution in [0.4, 0.5) is 5.69 Å². The van der Waals surface area contributed by atoms with Crippen molar-refractivity contribution in [1.29, 1.82) is 0 Å². The van der Waals surface area contributed by atoms with Gasteiger partial charge in [0.15, 0.2) is 0 Å². The molecule has 5 N–H and O–H groups in total. The van der Waals surface area contributed by atoms with Crippen molar-refractivity contribution in [3.63, 3.8) is 0 Å². The van der Waals surface area contributed by atoms with Crippen molar-refractivity contribution in [3.05, 3.63) is 303 Å². The molecule has 3 aliphatic heterocycles. The highest BCUT2D eigenvalue weighted by Gasteiger charge is 2.37. The zero-order valence-electron chi connectivity index (χ0n) is 54.5. The van der Waals surface area contributed by atoms with Crippen LogP contribution in [0.15, 0.2) is 237 Å². The molecule has 12 rings (SSSR count). The first-order valence-corrected chi connectivity index (χ1v) is 33.3. The number of aryl methyl sites for hydroxylation is 1. The number of aromatic hydroxyl groups is 2. The monoisotopic (exact) mass is 1220 g/mol. The third kappa shape index (κ3) is 17.5.